The number of benzene rings is 1. The first-order valence-electron chi connectivity index (χ1n) is 7.23. The molecule has 2 atom stereocenters. The number of hydrogen-bond donors (Lipinski definition) is 1. The molecule has 5 heteroatoms. The summed E-state index contributed by atoms with van der Waals surface area (Å²) >= 11 is 0. The van der Waals surface area contributed by atoms with Crippen LogP contribution in [0.4, 0.5) is 0 Å². The highest BCUT2D eigenvalue weighted by molar-refractivity contribution is 5.97. The number of fused-ring (bicyclic) bond motifs is 4. The lowest BCUT2D eigenvalue weighted by Gasteiger charge is -2.45. The largest absolute Gasteiger partial charge is 0.356 e. The van der Waals surface area contributed by atoms with Crippen LogP contribution < -0.4 is 0 Å². The Morgan fingerprint density at radius 3 is 2.81 bits per heavy atom. The molecule has 0 aliphatic carbocycles. The molecule has 3 heterocycles. The van der Waals surface area contributed by atoms with Gasteiger partial charge >= 0.3 is 0 Å². The van der Waals surface area contributed by atoms with E-state index in [0.29, 0.717) is 6.42 Å². The second-order valence-electron chi connectivity index (χ2n) is 5.95. The molecule has 2 aliphatic heterocycles. The first kappa shape index (κ1) is 12.4. The van der Waals surface area contributed by atoms with Gasteiger partial charge < -0.3 is 14.8 Å². The van der Waals surface area contributed by atoms with E-state index in [1.807, 2.05) is 25.1 Å². The summed E-state index contributed by atoms with van der Waals surface area (Å²) in [6.45, 7) is 2.17. The molecule has 1 fully saturated rings. The Balaban J connectivity index is 1.90. The number of carbonyl (C=O) groups is 2. The van der Waals surface area contributed by atoms with Crippen molar-refractivity contribution in [3.05, 3.63) is 35.5 Å². The summed E-state index contributed by atoms with van der Waals surface area (Å²) in [5, 5.41) is 1.16. The Labute approximate surface area is 122 Å². The van der Waals surface area contributed by atoms with E-state index in [2.05, 4.69) is 11.1 Å². The summed E-state index contributed by atoms with van der Waals surface area (Å²) in [6.07, 6.45) is 0.596. The highest BCUT2D eigenvalue weighted by atomic mass is 16.2. The summed E-state index contributed by atoms with van der Waals surface area (Å²) in [5.41, 5.74) is 3.32. The number of carbonyl (C=O) groups excluding carboxylic acids is 2. The topological polar surface area (TPSA) is 56.4 Å². The lowest BCUT2D eigenvalue weighted by atomic mass is 9.90. The van der Waals surface area contributed by atoms with Crippen molar-refractivity contribution in [3.63, 3.8) is 0 Å². The maximum atomic E-state index is 12.4. The highest BCUT2D eigenvalue weighted by Gasteiger charge is 2.45. The number of para-hydroxylation sites is 1. The fourth-order valence-corrected chi connectivity index (χ4v) is 3.71. The molecule has 21 heavy (non-hydrogen) atoms. The maximum Gasteiger partial charge on any atom is 0.245 e. The number of nitrogens with one attached hydrogen (secondary N) is 1. The monoisotopic (exact) mass is 283 g/mol. The summed E-state index contributed by atoms with van der Waals surface area (Å²) in [7, 11) is 1.70. The van der Waals surface area contributed by atoms with Crippen molar-refractivity contribution < 1.29 is 9.59 Å². The number of amides is 2. The Hall–Kier alpha value is -2.30. The molecular formula is C16H17N3O2. The Morgan fingerprint density at radius 1 is 1.24 bits per heavy atom. The van der Waals surface area contributed by atoms with Gasteiger partial charge in [-0.2, -0.15) is 0 Å². The molecule has 4 rings (SSSR count). The van der Waals surface area contributed by atoms with Crippen LogP contribution in [0, 0.1) is 0 Å². The van der Waals surface area contributed by atoms with Crippen molar-refractivity contribution in [2.24, 2.45) is 0 Å². The smallest absolute Gasteiger partial charge is 0.245 e. The normalized spacial score (nSPS) is 25.2. The molecule has 5 nitrogen and oxygen atoms in total. The average molecular weight is 283 g/mol. The maximum absolute atomic E-state index is 12.4. The van der Waals surface area contributed by atoms with Gasteiger partial charge in [-0.1, -0.05) is 18.2 Å². The molecule has 1 aromatic heterocycles. The molecule has 2 amide bonds. The second kappa shape index (κ2) is 4.10. The number of H-pyrrole nitrogens is 1. The van der Waals surface area contributed by atoms with Crippen LogP contribution >= 0.6 is 0 Å². The fourth-order valence-electron chi connectivity index (χ4n) is 3.71. The molecule has 2 aromatic rings. The standard InChI is InChI=1S/C16H17N3O2/c1-9-15-11(10-5-3-4-6-12(10)17-15)7-13-16(21)18(2)8-14(20)19(9)13/h3-6,9,13,17H,7-8H2,1-2H3/t9-,13+/m0/s1. The number of nitrogens with zero attached hydrogens (tertiary/aromatic N) is 2. The first-order chi connectivity index (χ1) is 10.1. The molecule has 1 aromatic carbocycles. The van der Waals surface area contributed by atoms with Crippen molar-refractivity contribution in [2.45, 2.75) is 25.4 Å². The summed E-state index contributed by atoms with van der Waals surface area (Å²) in [4.78, 5) is 31.5. The Morgan fingerprint density at radius 2 is 2.00 bits per heavy atom. The van der Waals surface area contributed by atoms with Crippen LogP contribution in [0.2, 0.25) is 0 Å². The summed E-state index contributed by atoms with van der Waals surface area (Å²) < 4.78 is 0. The van der Waals surface area contributed by atoms with Crippen LogP contribution in [0.5, 0.6) is 0 Å². The number of rotatable bonds is 0. The van der Waals surface area contributed by atoms with E-state index >= 15 is 0 Å². The second-order valence-corrected chi connectivity index (χ2v) is 5.95. The predicted octanol–water partition coefficient (Wildman–Crippen LogP) is 1.45. The van der Waals surface area contributed by atoms with Crippen molar-refractivity contribution in [2.75, 3.05) is 13.6 Å². The van der Waals surface area contributed by atoms with Crippen LogP contribution in [-0.4, -0.2) is 46.2 Å². The molecule has 2 aliphatic rings. The van der Waals surface area contributed by atoms with Crippen LogP contribution in [0.1, 0.15) is 24.2 Å². The number of likely N-dealkylation sites (N-methyl/N-ethyl adjacent to an activating group) is 1. The van der Waals surface area contributed by atoms with Gasteiger partial charge in [-0.3, -0.25) is 9.59 Å². The Kier molecular flexibility index (Phi) is 2.43. The molecule has 0 bridgehead atoms. The van der Waals surface area contributed by atoms with E-state index in [1.165, 1.54) is 10.5 Å². The van der Waals surface area contributed by atoms with E-state index in [9.17, 15) is 9.59 Å². The minimum atomic E-state index is -0.363. The van der Waals surface area contributed by atoms with E-state index in [0.717, 1.165) is 16.6 Å². The van der Waals surface area contributed by atoms with Crippen LogP contribution in [0.15, 0.2) is 24.3 Å². The Bertz CT molecular complexity index is 764. The molecule has 1 saturated heterocycles. The van der Waals surface area contributed by atoms with Gasteiger partial charge in [0.05, 0.1) is 12.6 Å². The molecule has 0 saturated carbocycles. The van der Waals surface area contributed by atoms with Gasteiger partial charge in [-0.05, 0) is 18.6 Å². The zero-order valence-electron chi connectivity index (χ0n) is 12.1. The molecule has 108 valence electrons. The third kappa shape index (κ3) is 1.57. The van der Waals surface area contributed by atoms with Gasteiger partial charge in [0, 0.05) is 30.1 Å². The van der Waals surface area contributed by atoms with Crippen molar-refractivity contribution in [1.29, 1.82) is 0 Å². The van der Waals surface area contributed by atoms with Crippen LogP contribution in [0.3, 0.4) is 0 Å². The zero-order valence-corrected chi connectivity index (χ0v) is 12.1. The molecule has 0 radical (unpaired) electrons. The average Bonchev–Trinajstić information content (AvgIpc) is 2.84. The summed E-state index contributed by atoms with van der Waals surface area (Å²) in [5.74, 6) is 0.0660. The van der Waals surface area contributed by atoms with Gasteiger partial charge in [0.15, 0.2) is 0 Å². The van der Waals surface area contributed by atoms with Crippen molar-refractivity contribution in [1.82, 2.24) is 14.8 Å². The molecule has 0 unspecified atom stereocenters. The van der Waals surface area contributed by atoms with Crippen molar-refractivity contribution >= 4 is 22.7 Å². The molecular weight excluding hydrogens is 266 g/mol. The first-order valence-corrected chi connectivity index (χ1v) is 7.23. The third-order valence-electron chi connectivity index (χ3n) is 4.74. The van der Waals surface area contributed by atoms with Crippen LogP contribution in [-0.2, 0) is 16.0 Å². The number of aromatic amines is 1. The predicted molar refractivity (Wildman–Crippen MR) is 78.7 cm³/mol. The number of piperazine rings is 1. The van der Waals surface area contributed by atoms with E-state index < -0.39 is 0 Å². The van der Waals surface area contributed by atoms with E-state index in [-0.39, 0.29) is 30.4 Å². The van der Waals surface area contributed by atoms with Crippen molar-refractivity contribution in [3.8, 4) is 0 Å². The minimum absolute atomic E-state index is 0.0268. The zero-order chi connectivity index (χ0) is 14.7. The van der Waals surface area contributed by atoms with Gasteiger partial charge in [0.2, 0.25) is 11.8 Å². The van der Waals surface area contributed by atoms with Crippen LogP contribution in [0.25, 0.3) is 10.9 Å². The lowest BCUT2D eigenvalue weighted by molar-refractivity contribution is -0.157. The SMILES string of the molecule is C[C@H]1c2[nH]c3ccccc3c2C[C@@H]2C(=O)N(C)CC(=O)N21. The summed E-state index contributed by atoms with van der Waals surface area (Å²) in [6, 6.07) is 7.66. The molecule has 0 spiro atoms. The quantitative estimate of drug-likeness (QED) is 0.795. The van der Waals surface area contributed by atoms with Gasteiger partial charge in [-0.15, -0.1) is 0 Å². The minimum Gasteiger partial charge on any atom is -0.356 e. The number of hydrogen-bond acceptors (Lipinski definition) is 2. The van der Waals surface area contributed by atoms with Gasteiger partial charge in [0.25, 0.3) is 0 Å². The fraction of sp³-hybridized carbons (Fsp3) is 0.375. The highest BCUT2D eigenvalue weighted by Crippen LogP contribution is 2.38. The third-order valence-corrected chi connectivity index (χ3v) is 4.74. The number of aromatic nitrogens is 1. The van der Waals surface area contributed by atoms with Gasteiger partial charge in [-0.25, -0.2) is 0 Å². The molecule has 1 N–H and O–H groups in total. The van der Waals surface area contributed by atoms with E-state index in [4.69, 9.17) is 0 Å². The van der Waals surface area contributed by atoms with Gasteiger partial charge in [0.1, 0.15) is 6.04 Å². The lowest BCUT2D eigenvalue weighted by Crippen LogP contribution is -2.61. The van der Waals surface area contributed by atoms with E-state index in [1.54, 1.807) is 11.9 Å².